The number of rotatable bonds is 47. The number of primary amides is 1. The monoisotopic (exact) mass is 1950 g/mol. The number of amides is 1. The third-order valence-electron chi connectivity index (χ3n) is 22.1. The molecule has 0 radical (unpaired) electrons. The molecule has 0 atom stereocenters. The van der Waals surface area contributed by atoms with Gasteiger partial charge in [-0.2, -0.15) is 0 Å². The Kier molecular flexibility index (Phi) is 118. The van der Waals surface area contributed by atoms with Crippen molar-refractivity contribution in [1.29, 1.82) is 5.41 Å². The number of ketones is 1. The maximum absolute atomic E-state index is 11.1. The van der Waals surface area contributed by atoms with Crippen molar-refractivity contribution in [3.05, 3.63) is 212 Å². The minimum Gasteiger partial charge on any atom is -0.370 e. The fourth-order valence-corrected chi connectivity index (χ4v) is 13.4. The minimum absolute atomic E-state index is 0.144. The number of aryl methyl sites for hydroxylation is 3. The number of benzene rings is 6. The molecule has 9 heteroatoms. The van der Waals surface area contributed by atoms with Crippen LogP contribution in [0.5, 0.6) is 0 Å². The summed E-state index contributed by atoms with van der Waals surface area (Å²) >= 11 is 0. The first-order chi connectivity index (χ1) is 65.8. The Balaban J connectivity index is -0.000000189. The number of unbranched alkanes of at least 4 members (excludes halogenated alkanes) is 11. The number of hydrogen-bond donors (Lipinski definition) is 7. The van der Waals surface area contributed by atoms with E-state index in [1.807, 2.05) is 31.2 Å². The Hall–Kier alpha value is -6.07. The quantitative estimate of drug-likeness (QED) is 0.0111. The third-order valence-corrected chi connectivity index (χ3v) is 22.1. The summed E-state index contributed by atoms with van der Waals surface area (Å²) < 4.78 is 0. The molecule has 0 bridgehead atoms. The predicted octanol–water partition coefficient (Wildman–Crippen LogP) is 38.4. The van der Waals surface area contributed by atoms with Crippen LogP contribution in [-0.4, -0.2) is 37.0 Å². The number of Topliss-reactive ketones (excluding diaryl/α,β-unsaturated/α-hetero) is 1. The summed E-state index contributed by atoms with van der Waals surface area (Å²) in [6.07, 6.45) is 41.5. The van der Waals surface area contributed by atoms with Gasteiger partial charge >= 0.3 is 0 Å². The number of hydrogen-bond acceptors (Lipinski definition) is 8. The molecule has 6 rings (SSSR count). The lowest BCUT2D eigenvalue weighted by molar-refractivity contribution is -0.118. The second-order valence-corrected chi connectivity index (χ2v) is 45.2. The zero-order valence-corrected chi connectivity index (χ0v) is 101. The van der Waals surface area contributed by atoms with Crippen molar-refractivity contribution in [3.63, 3.8) is 0 Å². The van der Waals surface area contributed by atoms with Crippen LogP contribution in [0.4, 0.5) is 0 Å². The Morgan fingerprint density at radius 1 is 0.271 bits per heavy atom. The zero-order chi connectivity index (χ0) is 109. The van der Waals surface area contributed by atoms with Gasteiger partial charge in [-0.25, -0.2) is 0 Å². The first kappa shape index (κ1) is 152. The van der Waals surface area contributed by atoms with Gasteiger partial charge in [-0.3, -0.25) is 9.59 Å². The third kappa shape index (κ3) is 126. The smallest absolute Gasteiger partial charge is 0.217 e. The van der Waals surface area contributed by atoms with Crippen LogP contribution in [0.15, 0.2) is 146 Å². The normalized spacial score (nSPS) is 10.4. The highest BCUT2D eigenvalue weighted by molar-refractivity contribution is 5.94. The average molecular weight is 1950 g/mol. The fourth-order valence-electron chi connectivity index (χ4n) is 13.4. The molecule has 0 heterocycles. The van der Waals surface area contributed by atoms with Gasteiger partial charge in [-0.1, -0.05) is 524 Å². The van der Waals surface area contributed by atoms with Gasteiger partial charge in [0.05, 0.1) is 0 Å². The van der Waals surface area contributed by atoms with Crippen LogP contribution >= 0.6 is 0 Å². The van der Waals surface area contributed by atoms with Gasteiger partial charge in [0.2, 0.25) is 5.91 Å². The molecule has 1 amide bonds. The van der Waals surface area contributed by atoms with Crippen molar-refractivity contribution >= 4 is 17.4 Å². The van der Waals surface area contributed by atoms with E-state index < -0.39 is 0 Å². The summed E-state index contributed by atoms with van der Waals surface area (Å²) in [5.41, 5.74) is 48.6. The van der Waals surface area contributed by atoms with Crippen molar-refractivity contribution < 1.29 is 9.59 Å². The molecule has 0 saturated heterocycles. The summed E-state index contributed by atoms with van der Waals surface area (Å²) in [6.45, 7) is 89.4. The van der Waals surface area contributed by atoms with E-state index in [1.165, 1.54) is 209 Å². The summed E-state index contributed by atoms with van der Waals surface area (Å²) in [7, 11) is 0. The molecule has 0 aliphatic heterocycles. The van der Waals surface area contributed by atoms with Gasteiger partial charge in [0.1, 0.15) is 0 Å². The van der Waals surface area contributed by atoms with Crippen LogP contribution in [0.3, 0.4) is 0 Å². The van der Waals surface area contributed by atoms with Crippen molar-refractivity contribution in [2.45, 2.75) is 507 Å². The van der Waals surface area contributed by atoms with Crippen LogP contribution in [-0.2, 0) is 62.8 Å². The fraction of sp³-hybridized carbons (Fsp3) is 0.702. The summed E-state index contributed by atoms with van der Waals surface area (Å²) in [5.74, 6) is 11.4. The Morgan fingerprint density at radius 2 is 0.607 bits per heavy atom. The van der Waals surface area contributed by atoms with E-state index in [-0.39, 0.29) is 11.7 Å². The molecule has 816 valence electrons. The van der Waals surface area contributed by atoms with Crippen molar-refractivity contribution in [3.8, 4) is 0 Å². The molecule has 13 N–H and O–H groups in total. The van der Waals surface area contributed by atoms with Crippen LogP contribution in [0.2, 0.25) is 0 Å². The lowest BCUT2D eigenvalue weighted by Crippen LogP contribution is -2.09. The van der Waals surface area contributed by atoms with E-state index in [0.717, 1.165) is 142 Å². The van der Waals surface area contributed by atoms with Gasteiger partial charge in [-0.05, 0) is 267 Å². The van der Waals surface area contributed by atoms with E-state index in [9.17, 15) is 9.59 Å². The second kappa shape index (κ2) is 109. The summed E-state index contributed by atoms with van der Waals surface area (Å²) in [6, 6.07) is 51.5. The Morgan fingerprint density at radius 3 is 0.943 bits per heavy atom. The van der Waals surface area contributed by atoms with Gasteiger partial charge in [-0.15, -0.1) is 0 Å². The van der Waals surface area contributed by atoms with E-state index in [0.29, 0.717) is 55.0 Å². The molecule has 0 saturated carbocycles. The van der Waals surface area contributed by atoms with Crippen molar-refractivity contribution in [2.24, 2.45) is 111 Å². The first-order valence-electron chi connectivity index (χ1n) is 57.2. The Labute approximate surface area is 877 Å². The molecule has 0 spiro atoms. The molecule has 9 nitrogen and oxygen atoms in total. The van der Waals surface area contributed by atoms with Gasteiger partial charge in [0.25, 0.3) is 0 Å². The highest BCUT2D eigenvalue weighted by Crippen LogP contribution is 2.21. The predicted molar refractivity (Wildman–Crippen MR) is 641 cm³/mol. The topological polar surface area (TPSA) is 214 Å². The van der Waals surface area contributed by atoms with Crippen molar-refractivity contribution in [2.75, 3.05) is 19.6 Å². The minimum atomic E-state index is -0.185. The second-order valence-electron chi connectivity index (χ2n) is 45.2. The van der Waals surface area contributed by atoms with Gasteiger partial charge in [0.15, 0.2) is 5.78 Å². The van der Waals surface area contributed by atoms with Crippen molar-refractivity contribution in [1.82, 2.24) is 0 Å². The lowest BCUT2D eigenvalue weighted by atomic mass is 9.98. The van der Waals surface area contributed by atoms with Crippen LogP contribution in [0, 0.1) is 82.3 Å². The molecule has 0 fully saturated rings. The van der Waals surface area contributed by atoms with Crippen LogP contribution in [0.1, 0.15) is 520 Å². The molecule has 6 aromatic carbocycles. The number of carbonyl (C=O) groups excluding carboxylic acids is 2. The van der Waals surface area contributed by atoms with Crippen LogP contribution in [0.25, 0.3) is 0 Å². The molecule has 140 heavy (non-hydrogen) atoms. The molecule has 0 unspecified atom stereocenters. The van der Waals surface area contributed by atoms with Gasteiger partial charge in [0, 0.05) is 30.8 Å². The van der Waals surface area contributed by atoms with E-state index >= 15 is 0 Å². The number of nitrogens with one attached hydrogen (secondary N) is 1. The highest BCUT2D eigenvalue weighted by Gasteiger charge is 2.07. The maximum atomic E-state index is 11.1. The molecule has 6 aromatic rings. The standard InChI is InChI=1S/C12H16O.2C12H18.C11H17N.C11H16.C10H15N.C10H21N.C10H22.C9H20.C7H15NO.C7H17N.C7H16.C5H13N.C4H11N.C4H10/c1-9(2)7-11-5-4-6-12(8-11)10(3)13;1-4-11-5-7-12(8-6-11)9-10(2)3;1-4-11-6-5-7-12(9-11)8-10(2)3;1-9(2)7-10-5-3-4-6-11(10)8-12;1-4-10-5-7-11(8-6-10)9(2)3;1-8(2)10-5-3-4-9(6-10)7-11;1-9(2)7-5-4-6-8-10(3)11;1-4-5-6-7-8-9-10(2)3;1-4-5-6-7-8-9(2)3;1-6(2)4-3-5-7(8)9;1-7(2)5-3-4-6-8;1-4-5-6-7(2)3;1-5(2)3-4-6;1-4(2)3-5;1-4(2)3/h4-6,8-9H,7H2,1-3H3;5-8,10H,4,9H2,1-3H3;5-7,9-10H,4,8H2,1-3H3;3-6,9H,7-8,12H2,1-2H3;5-9H,4H2,1-3H3;3-6,8H,7,11H2,1-2H3;9,11H,4-8H2,1-3H3;10H,4-9H2,1-3H3;9H,4-8H2,1-3H3;6H,3-5H2,1-2H3,(H2,8,9);7H,3-6,8H2,1-2H3;7H,4-6H2,1-3H3;5H,3-4,6H2,1-2H3;4H,3,5H2,1-2H3;4H,1-3H3. The SMILES string of the molecule is CC(=N)CCCCCC(C)C.CC(=O)c1cccc(CC(C)C)c1.CC(C)C.CC(C)CCCC(N)=O.CC(C)CCCCN.CC(C)CCN.CC(C)CN.CC(C)Cc1ccccc1CN.CC(C)c1cccc(CN)c1.CCCCC(C)C.CCCCCCC(C)C.CCCCCCCC(C)C.CCc1ccc(C(C)C)cc1.CCc1ccc(CC(C)C)cc1.CCc1cccc(CC(C)C)c1. The summed E-state index contributed by atoms with van der Waals surface area (Å²) in [4.78, 5) is 21.3. The lowest BCUT2D eigenvalue weighted by Gasteiger charge is -2.09. The molecule has 0 aliphatic rings. The molecular weight excluding hydrogens is 1700 g/mol. The average Bonchev–Trinajstić information content (AvgIpc) is 0.905. The van der Waals surface area contributed by atoms with Gasteiger partial charge < -0.3 is 39.8 Å². The highest BCUT2D eigenvalue weighted by atomic mass is 16.1. The Bertz CT molecular complexity index is 3520. The molecule has 0 aromatic heterocycles. The first-order valence-corrected chi connectivity index (χ1v) is 57.2. The molecule has 0 aliphatic carbocycles. The maximum Gasteiger partial charge on any atom is 0.217 e. The zero-order valence-electron chi connectivity index (χ0n) is 101. The number of carbonyl (C=O) groups is 2. The largest absolute Gasteiger partial charge is 0.370 e. The summed E-state index contributed by atoms with van der Waals surface area (Å²) in [5, 5.41) is 7.21. The number of nitrogens with two attached hydrogens (primary N) is 6. The van der Waals surface area contributed by atoms with E-state index in [1.54, 1.807) is 6.92 Å². The molecular formula is C131H245N7O2. The van der Waals surface area contributed by atoms with E-state index in [4.69, 9.17) is 39.8 Å². The van der Waals surface area contributed by atoms with E-state index in [2.05, 4.69) is 378 Å². The van der Waals surface area contributed by atoms with Crippen LogP contribution < -0.4 is 34.4 Å².